The van der Waals surface area contributed by atoms with Gasteiger partial charge in [0.05, 0.1) is 6.04 Å². The van der Waals surface area contributed by atoms with E-state index in [9.17, 15) is 0 Å². The van der Waals surface area contributed by atoms with E-state index >= 15 is 0 Å². The third-order valence-electron chi connectivity index (χ3n) is 3.62. The van der Waals surface area contributed by atoms with Crippen LogP contribution in [-0.4, -0.2) is 11.5 Å². The average molecular weight is 282 g/mol. The van der Waals surface area contributed by atoms with Crippen molar-refractivity contribution >= 4 is 21.4 Å². The zero-order valence-electron chi connectivity index (χ0n) is 11.8. The molecule has 0 fully saturated rings. The highest BCUT2D eigenvalue weighted by molar-refractivity contribution is 7.17. The van der Waals surface area contributed by atoms with Crippen LogP contribution in [0.3, 0.4) is 0 Å². The van der Waals surface area contributed by atoms with Crippen LogP contribution in [0.1, 0.15) is 29.7 Å². The molecule has 0 aliphatic rings. The lowest BCUT2D eigenvalue weighted by Crippen LogP contribution is -2.23. The summed E-state index contributed by atoms with van der Waals surface area (Å²) in [6.45, 7) is 5.23. The molecular weight excluding hydrogens is 264 g/mol. The number of pyridine rings is 1. The summed E-state index contributed by atoms with van der Waals surface area (Å²) in [7, 11) is 0. The maximum absolute atomic E-state index is 4.31. The van der Waals surface area contributed by atoms with Gasteiger partial charge in [-0.25, -0.2) is 0 Å². The van der Waals surface area contributed by atoms with Crippen molar-refractivity contribution in [2.24, 2.45) is 0 Å². The van der Waals surface area contributed by atoms with Gasteiger partial charge in [0.2, 0.25) is 0 Å². The average Bonchev–Trinajstić information content (AvgIpc) is 2.94. The standard InChI is InChI=1S/C17H18N2S/c1-3-19-16(15-11-18-9-7-12(15)2)14-6-4-5-13-8-10-20-17(13)14/h4-11,16,19H,3H2,1-2H3. The van der Waals surface area contributed by atoms with Gasteiger partial charge in [-0.2, -0.15) is 0 Å². The quantitative estimate of drug-likeness (QED) is 0.771. The van der Waals surface area contributed by atoms with Crippen LogP contribution in [0.25, 0.3) is 10.1 Å². The zero-order valence-corrected chi connectivity index (χ0v) is 12.6. The van der Waals surface area contributed by atoms with E-state index in [1.807, 2.05) is 23.7 Å². The number of nitrogens with zero attached hydrogens (tertiary/aromatic N) is 1. The fourth-order valence-corrected chi connectivity index (χ4v) is 3.56. The molecule has 2 aromatic heterocycles. The molecule has 2 nitrogen and oxygen atoms in total. The minimum absolute atomic E-state index is 0.205. The topological polar surface area (TPSA) is 24.9 Å². The first kappa shape index (κ1) is 13.3. The molecule has 0 bridgehead atoms. The molecule has 0 spiro atoms. The lowest BCUT2D eigenvalue weighted by molar-refractivity contribution is 0.630. The van der Waals surface area contributed by atoms with Crippen molar-refractivity contribution in [1.29, 1.82) is 0 Å². The van der Waals surface area contributed by atoms with Crippen molar-refractivity contribution in [3.63, 3.8) is 0 Å². The monoisotopic (exact) mass is 282 g/mol. The summed E-state index contributed by atoms with van der Waals surface area (Å²) in [5.74, 6) is 0. The zero-order chi connectivity index (χ0) is 13.9. The first-order valence-electron chi connectivity index (χ1n) is 6.91. The maximum Gasteiger partial charge on any atom is 0.0608 e. The van der Waals surface area contributed by atoms with Crippen LogP contribution in [0.15, 0.2) is 48.1 Å². The Labute approximate surface area is 123 Å². The van der Waals surface area contributed by atoms with Crippen molar-refractivity contribution in [1.82, 2.24) is 10.3 Å². The minimum Gasteiger partial charge on any atom is -0.306 e. The number of fused-ring (bicyclic) bond motifs is 1. The second-order valence-corrected chi connectivity index (χ2v) is 5.83. The Bertz CT molecular complexity index is 718. The number of hydrogen-bond donors (Lipinski definition) is 1. The van der Waals surface area contributed by atoms with Crippen molar-refractivity contribution in [2.45, 2.75) is 19.9 Å². The third kappa shape index (κ3) is 2.35. The summed E-state index contributed by atoms with van der Waals surface area (Å²) in [5, 5.41) is 7.08. The molecule has 3 heteroatoms. The molecule has 102 valence electrons. The van der Waals surface area contributed by atoms with Crippen LogP contribution in [0.2, 0.25) is 0 Å². The first-order chi connectivity index (χ1) is 9.81. The molecule has 3 rings (SSSR count). The number of hydrogen-bond acceptors (Lipinski definition) is 3. The fraction of sp³-hybridized carbons (Fsp3) is 0.235. The van der Waals surface area contributed by atoms with E-state index < -0.39 is 0 Å². The minimum atomic E-state index is 0.205. The Morgan fingerprint density at radius 3 is 2.90 bits per heavy atom. The molecule has 1 atom stereocenters. The molecule has 2 heterocycles. The second kappa shape index (κ2) is 5.73. The molecule has 0 radical (unpaired) electrons. The van der Waals surface area contributed by atoms with E-state index in [0.29, 0.717) is 0 Å². The van der Waals surface area contributed by atoms with Crippen LogP contribution >= 0.6 is 11.3 Å². The predicted molar refractivity (Wildman–Crippen MR) is 86.3 cm³/mol. The normalized spacial score (nSPS) is 12.7. The summed E-state index contributed by atoms with van der Waals surface area (Å²) < 4.78 is 1.36. The molecule has 1 unspecified atom stereocenters. The Morgan fingerprint density at radius 1 is 1.20 bits per heavy atom. The predicted octanol–water partition coefficient (Wildman–Crippen LogP) is 4.30. The third-order valence-corrected chi connectivity index (χ3v) is 4.60. The van der Waals surface area contributed by atoms with E-state index in [4.69, 9.17) is 0 Å². The SMILES string of the molecule is CCNC(c1cnccc1C)c1cccc2ccsc12. The van der Waals surface area contributed by atoms with E-state index in [1.165, 1.54) is 26.8 Å². The molecule has 0 aliphatic heterocycles. The van der Waals surface area contributed by atoms with Crippen molar-refractivity contribution in [2.75, 3.05) is 6.54 Å². The van der Waals surface area contributed by atoms with Crippen LogP contribution < -0.4 is 5.32 Å². The number of thiophene rings is 1. The van der Waals surface area contributed by atoms with Gasteiger partial charge in [-0.15, -0.1) is 11.3 Å². The Balaban J connectivity index is 2.16. The van der Waals surface area contributed by atoms with Gasteiger partial charge in [0.25, 0.3) is 0 Å². The van der Waals surface area contributed by atoms with Crippen LogP contribution in [0.4, 0.5) is 0 Å². The van der Waals surface area contributed by atoms with Gasteiger partial charge in [-0.1, -0.05) is 25.1 Å². The fourth-order valence-electron chi connectivity index (χ4n) is 2.61. The van der Waals surface area contributed by atoms with E-state index in [2.05, 4.69) is 59.9 Å². The lowest BCUT2D eigenvalue weighted by Gasteiger charge is -2.21. The molecule has 0 amide bonds. The Hall–Kier alpha value is -1.71. The van der Waals surface area contributed by atoms with Crippen LogP contribution in [0.5, 0.6) is 0 Å². The summed E-state index contributed by atoms with van der Waals surface area (Å²) in [6, 6.07) is 11.0. The van der Waals surface area contributed by atoms with E-state index in [0.717, 1.165) is 6.54 Å². The molecule has 0 aliphatic carbocycles. The molecule has 1 aromatic carbocycles. The number of aromatic nitrogens is 1. The summed E-state index contributed by atoms with van der Waals surface area (Å²) in [6.07, 6.45) is 3.84. The van der Waals surface area contributed by atoms with Crippen molar-refractivity contribution in [3.8, 4) is 0 Å². The van der Waals surface area contributed by atoms with Gasteiger partial charge in [-0.3, -0.25) is 4.98 Å². The molecule has 1 N–H and O–H groups in total. The maximum atomic E-state index is 4.31. The molecule has 3 aromatic rings. The Morgan fingerprint density at radius 2 is 2.10 bits per heavy atom. The highest BCUT2D eigenvalue weighted by Crippen LogP contribution is 2.33. The molecule has 0 saturated heterocycles. The molecule has 0 saturated carbocycles. The van der Waals surface area contributed by atoms with Crippen molar-refractivity contribution in [3.05, 3.63) is 64.8 Å². The largest absolute Gasteiger partial charge is 0.306 e. The van der Waals surface area contributed by atoms with Gasteiger partial charge in [0, 0.05) is 17.1 Å². The number of benzene rings is 1. The van der Waals surface area contributed by atoms with Gasteiger partial charge >= 0.3 is 0 Å². The highest BCUT2D eigenvalue weighted by atomic mass is 32.1. The summed E-state index contributed by atoms with van der Waals surface area (Å²) >= 11 is 1.81. The second-order valence-electron chi connectivity index (χ2n) is 4.91. The van der Waals surface area contributed by atoms with Crippen molar-refractivity contribution < 1.29 is 0 Å². The number of aryl methyl sites for hydroxylation is 1. The molecular formula is C17H18N2S. The van der Waals surface area contributed by atoms with Gasteiger partial charge in [-0.05, 0) is 53.1 Å². The van der Waals surface area contributed by atoms with Gasteiger partial charge < -0.3 is 5.32 Å². The van der Waals surface area contributed by atoms with Crippen LogP contribution in [-0.2, 0) is 0 Å². The van der Waals surface area contributed by atoms with Gasteiger partial charge in [0.15, 0.2) is 0 Å². The summed E-state index contributed by atoms with van der Waals surface area (Å²) in [4.78, 5) is 4.31. The number of rotatable bonds is 4. The Kier molecular flexibility index (Phi) is 3.81. The lowest BCUT2D eigenvalue weighted by atomic mass is 9.96. The van der Waals surface area contributed by atoms with E-state index in [1.54, 1.807) is 0 Å². The number of nitrogens with one attached hydrogen (secondary N) is 1. The van der Waals surface area contributed by atoms with Crippen LogP contribution in [0, 0.1) is 6.92 Å². The van der Waals surface area contributed by atoms with Gasteiger partial charge in [0.1, 0.15) is 0 Å². The van der Waals surface area contributed by atoms with E-state index in [-0.39, 0.29) is 6.04 Å². The highest BCUT2D eigenvalue weighted by Gasteiger charge is 2.18. The molecule has 20 heavy (non-hydrogen) atoms. The summed E-state index contributed by atoms with van der Waals surface area (Å²) in [5.41, 5.74) is 3.88. The first-order valence-corrected chi connectivity index (χ1v) is 7.79. The smallest absolute Gasteiger partial charge is 0.0608 e.